The summed E-state index contributed by atoms with van der Waals surface area (Å²) < 4.78 is 6.54. The third-order valence-corrected chi connectivity index (χ3v) is 8.77. The highest BCUT2D eigenvalue weighted by Crippen LogP contribution is 2.41. The van der Waals surface area contributed by atoms with Gasteiger partial charge in [0.25, 0.3) is 0 Å². The molecule has 2 saturated heterocycles. The molecule has 222 valence electrons. The SMILES string of the molecule is CCCCN(CCC[N+](C)(C)C)C(=O)CN1C[C@H](c2ccc3c(c2)CCO3)[C@@H](C(=O)O)[C@@H]1CCN1CCCC1=O. The molecule has 2 amide bonds. The van der Waals surface area contributed by atoms with E-state index in [1.54, 1.807) is 0 Å². The summed E-state index contributed by atoms with van der Waals surface area (Å²) in [5.74, 6) is -0.605. The molecule has 3 aliphatic heterocycles. The lowest BCUT2D eigenvalue weighted by Crippen LogP contribution is -2.46. The number of carboxylic acid groups (broad SMARTS) is 1. The summed E-state index contributed by atoms with van der Waals surface area (Å²) in [6.45, 7) is 7.20. The molecule has 0 unspecified atom stereocenters. The molecule has 3 heterocycles. The first-order valence-electron chi connectivity index (χ1n) is 15.2. The Hall–Kier alpha value is -2.65. The molecule has 0 bridgehead atoms. The van der Waals surface area contributed by atoms with Crippen LogP contribution in [0, 0.1) is 5.92 Å². The molecular formula is C31H49N4O5+. The van der Waals surface area contributed by atoms with Crippen molar-refractivity contribution in [3.63, 3.8) is 0 Å². The fourth-order valence-corrected chi connectivity index (χ4v) is 6.58. The number of quaternary nitrogens is 1. The van der Waals surface area contributed by atoms with Gasteiger partial charge in [0.05, 0.1) is 46.8 Å². The van der Waals surface area contributed by atoms with E-state index in [4.69, 9.17) is 4.74 Å². The number of hydrogen-bond acceptors (Lipinski definition) is 5. The maximum absolute atomic E-state index is 13.7. The van der Waals surface area contributed by atoms with Gasteiger partial charge in [-0.2, -0.15) is 0 Å². The number of nitrogens with zero attached hydrogens (tertiary/aromatic N) is 4. The summed E-state index contributed by atoms with van der Waals surface area (Å²) in [5, 5.41) is 10.5. The van der Waals surface area contributed by atoms with Crippen molar-refractivity contribution in [2.45, 2.75) is 63.8 Å². The Bertz CT molecular complexity index is 1050. The predicted molar refractivity (Wildman–Crippen MR) is 154 cm³/mol. The fourth-order valence-electron chi connectivity index (χ4n) is 6.58. The zero-order valence-electron chi connectivity index (χ0n) is 24.9. The maximum atomic E-state index is 13.7. The zero-order valence-corrected chi connectivity index (χ0v) is 24.9. The molecule has 0 aliphatic carbocycles. The van der Waals surface area contributed by atoms with E-state index in [0.29, 0.717) is 39.1 Å². The van der Waals surface area contributed by atoms with Crippen LogP contribution in [0.2, 0.25) is 0 Å². The summed E-state index contributed by atoms with van der Waals surface area (Å²) in [5.41, 5.74) is 2.12. The lowest BCUT2D eigenvalue weighted by Gasteiger charge is -2.31. The highest BCUT2D eigenvalue weighted by Gasteiger charge is 2.47. The van der Waals surface area contributed by atoms with E-state index in [9.17, 15) is 19.5 Å². The number of fused-ring (bicyclic) bond motifs is 1. The van der Waals surface area contributed by atoms with Crippen LogP contribution in [-0.2, 0) is 20.8 Å². The van der Waals surface area contributed by atoms with Gasteiger partial charge in [-0.25, -0.2) is 0 Å². The number of likely N-dealkylation sites (tertiary alicyclic amines) is 2. The van der Waals surface area contributed by atoms with Crippen LogP contribution in [-0.4, -0.2) is 122 Å². The number of ether oxygens (including phenoxy) is 1. The predicted octanol–water partition coefficient (Wildman–Crippen LogP) is 2.83. The maximum Gasteiger partial charge on any atom is 0.308 e. The van der Waals surface area contributed by atoms with Crippen LogP contribution in [0.15, 0.2) is 18.2 Å². The van der Waals surface area contributed by atoms with Crippen LogP contribution in [0.3, 0.4) is 0 Å². The zero-order chi connectivity index (χ0) is 28.9. The minimum atomic E-state index is -0.833. The summed E-state index contributed by atoms with van der Waals surface area (Å²) in [7, 11) is 6.49. The van der Waals surface area contributed by atoms with Gasteiger partial charge in [0.2, 0.25) is 11.8 Å². The van der Waals surface area contributed by atoms with Crippen molar-refractivity contribution in [3.8, 4) is 5.75 Å². The van der Waals surface area contributed by atoms with Crippen molar-refractivity contribution in [1.82, 2.24) is 14.7 Å². The molecule has 3 aliphatic rings. The van der Waals surface area contributed by atoms with E-state index in [1.807, 2.05) is 21.9 Å². The monoisotopic (exact) mass is 557 g/mol. The Morgan fingerprint density at radius 2 is 1.93 bits per heavy atom. The molecule has 9 nitrogen and oxygen atoms in total. The molecule has 4 rings (SSSR count). The molecule has 1 N–H and O–H groups in total. The molecule has 2 fully saturated rings. The molecule has 1 aromatic rings. The lowest BCUT2D eigenvalue weighted by molar-refractivity contribution is -0.870. The highest BCUT2D eigenvalue weighted by molar-refractivity contribution is 5.79. The number of unbranched alkanes of at least 4 members (excludes halogenated alkanes) is 1. The molecule has 40 heavy (non-hydrogen) atoms. The first-order chi connectivity index (χ1) is 19.1. The number of carboxylic acids is 1. The van der Waals surface area contributed by atoms with E-state index in [0.717, 1.165) is 73.1 Å². The topological polar surface area (TPSA) is 90.4 Å². The van der Waals surface area contributed by atoms with Crippen LogP contribution in [0.1, 0.15) is 62.5 Å². The smallest absolute Gasteiger partial charge is 0.308 e. The van der Waals surface area contributed by atoms with Crippen molar-refractivity contribution in [2.24, 2.45) is 5.92 Å². The molecule has 0 radical (unpaired) electrons. The number of aliphatic carboxylic acids is 1. The summed E-state index contributed by atoms with van der Waals surface area (Å²) >= 11 is 0. The average molecular weight is 558 g/mol. The van der Waals surface area contributed by atoms with Crippen LogP contribution >= 0.6 is 0 Å². The number of amides is 2. The Labute approximate surface area is 239 Å². The Balaban J connectivity index is 1.55. The highest BCUT2D eigenvalue weighted by atomic mass is 16.5. The van der Waals surface area contributed by atoms with E-state index < -0.39 is 11.9 Å². The van der Waals surface area contributed by atoms with Crippen molar-refractivity contribution in [3.05, 3.63) is 29.3 Å². The number of hydrogen-bond donors (Lipinski definition) is 1. The second-order valence-corrected chi connectivity index (χ2v) is 12.8. The van der Waals surface area contributed by atoms with Crippen molar-refractivity contribution in [1.29, 1.82) is 0 Å². The fraction of sp³-hybridized carbons (Fsp3) is 0.710. The van der Waals surface area contributed by atoms with Gasteiger partial charge in [-0.1, -0.05) is 25.5 Å². The van der Waals surface area contributed by atoms with Crippen molar-refractivity contribution < 1.29 is 28.7 Å². The lowest BCUT2D eigenvalue weighted by atomic mass is 9.83. The van der Waals surface area contributed by atoms with E-state index in [-0.39, 0.29) is 30.3 Å². The number of benzene rings is 1. The normalized spacial score (nSPS) is 22.9. The molecule has 3 atom stereocenters. The van der Waals surface area contributed by atoms with Gasteiger partial charge in [-0.05, 0) is 36.5 Å². The molecule has 1 aromatic carbocycles. The minimum absolute atomic E-state index is 0.0734. The second-order valence-electron chi connectivity index (χ2n) is 12.8. The standard InChI is InChI=1S/C31H48N4O5/c1-5-6-14-32(16-8-18-35(2,3)4)29(37)22-34-21-25(23-10-11-27-24(20-23)13-19-40-27)30(31(38)39)26(34)12-17-33-15-7-9-28(33)36/h10-11,20,25-26,30H,5-9,12-19,21-22H2,1-4H3/p+1/t25-,26+,30-/m1/s1. The Kier molecular flexibility index (Phi) is 10.1. The van der Waals surface area contributed by atoms with Gasteiger partial charge in [-0.15, -0.1) is 0 Å². The first kappa shape index (κ1) is 30.3. The summed E-state index contributed by atoms with van der Waals surface area (Å²) in [6, 6.07) is 5.74. The van der Waals surface area contributed by atoms with Crippen molar-refractivity contribution in [2.75, 3.05) is 73.6 Å². The van der Waals surface area contributed by atoms with E-state index >= 15 is 0 Å². The molecule has 0 spiro atoms. The van der Waals surface area contributed by atoms with Crippen LogP contribution in [0.25, 0.3) is 0 Å². The van der Waals surface area contributed by atoms with Gasteiger partial charge < -0.3 is 24.1 Å². The Morgan fingerprint density at radius 3 is 2.60 bits per heavy atom. The van der Waals surface area contributed by atoms with Gasteiger partial charge in [0.1, 0.15) is 5.75 Å². The van der Waals surface area contributed by atoms with Crippen LogP contribution in [0.5, 0.6) is 5.75 Å². The van der Waals surface area contributed by atoms with Gasteiger partial charge in [0.15, 0.2) is 0 Å². The molecular weight excluding hydrogens is 508 g/mol. The van der Waals surface area contributed by atoms with Gasteiger partial charge in [0, 0.05) is 63.9 Å². The van der Waals surface area contributed by atoms with E-state index in [1.165, 1.54) is 0 Å². The molecule has 9 heteroatoms. The second kappa shape index (κ2) is 13.3. The number of carbonyl (C=O) groups excluding carboxylic acids is 2. The van der Waals surface area contributed by atoms with Crippen LogP contribution in [0.4, 0.5) is 0 Å². The third-order valence-electron chi connectivity index (χ3n) is 8.77. The quantitative estimate of drug-likeness (QED) is 0.354. The van der Waals surface area contributed by atoms with Crippen molar-refractivity contribution >= 4 is 17.8 Å². The van der Waals surface area contributed by atoms with E-state index in [2.05, 4.69) is 39.0 Å². The Morgan fingerprint density at radius 1 is 1.15 bits per heavy atom. The first-order valence-corrected chi connectivity index (χ1v) is 15.2. The summed E-state index contributed by atoms with van der Waals surface area (Å²) in [4.78, 5) is 44.8. The number of rotatable bonds is 14. The summed E-state index contributed by atoms with van der Waals surface area (Å²) in [6.07, 6.45) is 5.70. The van der Waals surface area contributed by atoms with Gasteiger partial charge in [-0.3, -0.25) is 19.3 Å². The largest absolute Gasteiger partial charge is 0.493 e. The molecule has 0 saturated carbocycles. The molecule has 0 aromatic heterocycles. The van der Waals surface area contributed by atoms with Crippen LogP contribution < -0.4 is 4.74 Å². The number of carbonyl (C=O) groups is 3. The van der Waals surface area contributed by atoms with Gasteiger partial charge >= 0.3 is 5.97 Å². The third kappa shape index (κ3) is 7.55. The average Bonchev–Trinajstić information content (AvgIpc) is 3.62. The minimum Gasteiger partial charge on any atom is -0.493 e.